The molecular formula is C12H17NO3. The third-order valence-corrected chi connectivity index (χ3v) is 1.86. The maximum absolute atomic E-state index is 11.2. The van der Waals surface area contributed by atoms with Gasteiger partial charge in [-0.1, -0.05) is 12.2 Å². The summed E-state index contributed by atoms with van der Waals surface area (Å²) < 4.78 is 0. The van der Waals surface area contributed by atoms with Crippen LogP contribution in [0.25, 0.3) is 0 Å². The van der Waals surface area contributed by atoms with Crippen molar-refractivity contribution in [1.82, 2.24) is 5.32 Å². The fourth-order valence-electron chi connectivity index (χ4n) is 1.03. The zero-order chi connectivity index (χ0) is 12.4. The minimum atomic E-state index is -0.283. The molecule has 0 saturated heterocycles. The molecule has 0 spiro atoms. The molecule has 0 aromatic carbocycles. The lowest BCUT2D eigenvalue weighted by Gasteiger charge is -2.02. The van der Waals surface area contributed by atoms with Crippen molar-refractivity contribution < 1.29 is 14.4 Å². The number of ketones is 2. The summed E-state index contributed by atoms with van der Waals surface area (Å²) in [4.78, 5) is 33.3. The Morgan fingerprint density at radius 1 is 0.938 bits per heavy atom. The monoisotopic (exact) mass is 223 g/mol. The molecule has 0 aliphatic heterocycles. The quantitative estimate of drug-likeness (QED) is 0.597. The van der Waals surface area contributed by atoms with Gasteiger partial charge < -0.3 is 5.32 Å². The summed E-state index contributed by atoms with van der Waals surface area (Å²) in [5, 5.41) is 2.45. The van der Waals surface area contributed by atoms with Crippen LogP contribution in [0, 0.1) is 0 Å². The van der Waals surface area contributed by atoms with Crippen LogP contribution in [0.3, 0.4) is 0 Å². The highest BCUT2D eigenvalue weighted by molar-refractivity contribution is 5.89. The van der Waals surface area contributed by atoms with E-state index in [1.165, 1.54) is 12.2 Å². The number of carbonyl (C=O) groups is 3. The van der Waals surface area contributed by atoms with Gasteiger partial charge in [-0.25, -0.2) is 0 Å². The van der Waals surface area contributed by atoms with Crippen LogP contribution in [0.4, 0.5) is 0 Å². The Bertz CT molecular complexity index is 267. The second-order valence-electron chi connectivity index (χ2n) is 3.34. The Kier molecular flexibility index (Phi) is 7.67. The van der Waals surface area contributed by atoms with E-state index >= 15 is 0 Å². The zero-order valence-corrected chi connectivity index (χ0v) is 9.33. The van der Waals surface area contributed by atoms with Gasteiger partial charge in [0.05, 0.1) is 6.54 Å². The van der Waals surface area contributed by atoms with Crippen LogP contribution in [-0.2, 0) is 14.4 Å². The number of carbonyl (C=O) groups excluding carboxylic acids is 3. The van der Waals surface area contributed by atoms with E-state index < -0.39 is 0 Å². The molecule has 0 unspecified atom stereocenters. The van der Waals surface area contributed by atoms with E-state index in [-0.39, 0.29) is 49.7 Å². The van der Waals surface area contributed by atoms with Gasteiger partial charge >= 0.3 is 0 Å². The fourth-order valence-corrected chi connectivity index (χ4v) is 1.03. The zero-order valence-electron chi connectivity index (χ0n) is 9.33. The number of Topliss-reactive ketones (excluding diaryl/α,β-unsaturated/α-hetero) is 2. The second kappa shape index (κ2) is 8.59. The Hall–Kier alpha value is -1.71. The van der Waals surface area contributed by atoms with Gasteiger partial charge in [-0.15, -0.1) is 13.2 Å². The minimum absolute atomic E-state index is 0.000498. The molecule has 0 atom stereocenters. The van der Waals surface area contributed by atoms with Gasteiger partial charge in [-0.3, -0.25) is 14.4 Å². The lowest BCUT2D eigenvalue weighted by Crippen LogP contribution is -2.29. The van der Waals surface area contributed by atoms with Crippen molar-refractivity contribution in [2.24, 2.45) is 0 Å². The molecule has 0 rings (SSSR count). The summed E-state index contributed by atoms with van der Waals surface area (Å²) in [6, 6.07) is 0. The molecule has 0 aliphatic rings. The Morgan fingerprint density at radius 2 is 1.50 bits per heavy atom. The van der Waals surface area contributed by atoms with Gasteiger partial charge in [0.1, 0.15) is 5.78 Å². The number of hydrogen-bond donors (Lipinski definition) is 1. The van der Waals surface area contributed by atoms with E-state index in [1.54, 1.807) is 0 Å². The van der Waals surface area contributed by atoms with Gasteiger partial charge in [0.25, 0.3) is 0 Å². The molecule has 0 radical (unpaired) electrons. The van der Waals surface area contributed by atoms with Crippen LogP contribution in [0.5, 0.6) is 0 Å². The van der Waals surface area contributed by atoms with E-state index in [1.807, 2.05) is 0 Å². The lowest BCUT2D eigenvalue weighted by atomic mass is 10.1. The topological polar surface area (TPSA) is 63.2 Å². The molecule has 88 valence electrons. The summed E-state index contributed by atoms with van der Waals surface area (Å²) in [5.74, 6) is -0.404. The first-order chi connectivity index (χ1) is 7.60. The summed E-state index contributed by atoms with van der Waals surface area (Å²) in [7, 11) is 0. The highest BCUT2D eigenvalue weighted by atomic mass is 16.2. The van der Waals surface area contributed by atoms with Gasteiger partial charge in [0.15, 0.2) is 5.78 Å². The van der Waals surface area contributed by atoms with Crippen molar-refractivity contribution >= 4 is 17.5 Å². The van der Waals surface area contributed by atoms with E-state index in [0.717, 1.165) is 0 Å². The minimum Gasteiger partial charge on any atom is -0.349 e. The number of allylic oxidation sites excluding steroid dienone is 2. The average molecular weight is 223 g/mol. The molecule has 0 aromatic rings. The molecule has 0 heterocycles. The van der Waals surface area contributed by atoms with Crippen molar-refractivity contribution in [3.8, 4) is 0 Å². The first kappa shape index (κ1) is 14.3. The maximum atomic E-state index is 11.2. The number of amides is 1. The normalized spacial score (nSPS) is 9.25. The van der Waals surface area contributed by atoms with E-state index in [2.05, 4.69) is 18.5 Å². The first-order valence-electron chi connectivity index (χ1n) is 5.12. The summed E-state index contributed by atoms with van der Waals surface area (Å²) in [6.07, 6.45) is 3.83. The average Bonchev–Trinajstić information content (AvgIpc) is 2.24. The third-order valence-electron chi connectivity index (χ3n) is 1.86. The summed E-state index contributed by atoms with van der Waals surface area (Å²) >= 11 is 0. The number of hydrogen-bond acceptors (Lipinski definition) is 3. The third kappa shape index (κ3) is 7.67. The highest BCUT2D eigenvalue weighted by Gasteiger charge is 2.06. The van der Waals surface area contributed by atoms with Crippen molar-refractivity contribution in [2.45, 2.75) is 25.7 Å². The Balaban J connectivity index is 3.66. The van der Waals surface area contributed by atoms with E-state index in [0.29, 0.717) is 0 Å². The van der Waals surface area contributed by atoms with Crippen molar-refractivity contribution in [3.05, 3.63) is 25.3 Å². The van der Waals surface area contributed by atoms with Crippen LogP contribution in [0.15, 0.2) is 25.3 Å². The van der Waals surface area contributed by atoms with Gasteiger partial charge in [0, 0.05) is 25.7 Å². The van der Waals surface area contributed by atoms with Gasteiger partial charge in [-0.2, -0.15) is 0 Å². The molecule has 0 bridgehead atoms. The van der Waals surface area contributed by atoms with E-state index in [9.17, 15) is 14.4 Å². The molecule has 0 fully saturated rings. The molecule has 1 N–H and O–H groups in total. The van der Waals surface area contributed by atoms with E-state index in [4.69, 9.17) is 0 Å². The number of rotatable bonds is 9. The Labute approximate surface area is 95.4 Å². The SMILES string of the molecule is C=CCC(=O)CCC(=O)NCC(=O)CC=C. The number of nitrogens with one attached hydrogen (secondary N) is 1. The molecule has 4 nitrogen and oxygen atoms in total. The molecule has 4 heteroatoms. The van der Waals surface area contributed by atoms with Crippen molar-refractivity contribution in [3.63, 3.8) is 0 Å². The second-order valence-corrected chi connectivity index (χ2v) is 3.34. The van der Waals surface area contributed by atoms with Crippen LogP contribution in [0.2, 0.25) is 0 Å². The highest BCUT2D eigenvalue weighted by Crippen LogP contribution is 1.95. The molecule has 1 amide bonds. The molecule has 0 aliphatic carbocycles. The molecular weight excluding hydrogens is 206 g/mol. The van der Waals surface area contributed by atoms with Crippen LogP contribution in [-0.4, -0.2) is 24.0 Å². The molecule has 0 aromatic heterocycles. The fraction of sp³-hybridized carbons (Fsp3) is 0.417. The summed E-state index contributed by atoms with van der Waals surface area (Å²) in [5.41, 5.74) is 0. The largest absolute Gasteiger partial charge is 0.349 e. The predicted molar refractivity (Wildman–Crippen MR) is 61.9 cm³/mol. The van der Waals surface area contributed by atoms with Crippen molar-refractivity contribution in [1.29, 1.82) is 0 Å². The standard InChI is InChI=1S/C12H17NO3/c1-3-5-10(14)7-8-12(16)13-9-11(15)6-4-2/h3-4H,1-2,5-9H2,(H,13,16). The predicted octanol–water partition coefficient (Wildman–Crippen LogP) is 1.17. The smallest absolute Gasteiger partial charge is 0.220 e. The molecule has 16 heavy (non-hydrogen) atoms. The van der Waals surface area contributed by atoms with Gasteiger partial charge in [0.2, 0.25) is 5.91 Å². The summed E-state index contributed by atoms with van der Waals surface area (Å²) in [6.45, 7) is 6.85. The van der Waals surface area contributed by atoms with Crippen LogP contribution < -0.4 is 5.32 Å². The molecule has 0 saturated carbocycles. The van der Waals surface area contributed by atoms with Crippen molar-refractivity contribution in [2.75, 3.05) is 6.54 Å². The lowest BCUT2D eigenvalue weighted by molar-refractivity contribution is -0.126. The van der Waals surface area contributed by atoms with Crippen LogP contribution >= 0.6 is 0 Å². The van der Waals surface area contributed by atoms with Crippen LogP contribution in [0.1, 0.15) is 25.7 Å². The first-order valence-corrected chi connectivity index (χ1v) is 5.12. The maximum Gasteiger partial charge on any atom is 0.220 e. The Morgan fingerprint density at radius 3 is 2.06 bits per heavy atom. The van der Waals surface area contributed by atoms with Gasteiger partial charge in [-0.05, 0) is 0 Å².